The Bertz CT molecular complexity index is 902. The number of carbonyl (C=O) groups is 3. The number of nitrogens with zero attached hydrogens (tertiary/aromatic N) is 1. The van der Waals surface area contributed by atoms with E-state index < -0.39 is 25.2 Å². The van der Waals surface area contributed by atoms with E-state index in [1.54, 1.807) is 12.1 Å². The Balaban J connectivity index is 1.93. The van der Waals surface area contributed by atoms with Gasteiger partial charge < -0.3 is 13.5 Å². The van der Waals surface area contributed by atoms with Gasteiger partial charge in [-0.25, -0.2) is 0 Å². The molecule has 1 aliphatic heterocycles. The van der Waals surface area contributed by atoms with Gasteiger partial charge in [0.1, 0.15) is 0 Å². The zero-order chi connectivity index (χ0) is 25.0. The van der Waals surface area contributed by atoms with Gasteiger partial charge in [0.05, 0.1) is 11.1 Å². The minimum Gasteiger partial charge on any atom is -0.437 e. The van der Waals surface area contributed by atoms with Crippen molar-refractivity contribution in [1.82, 2.24) is 10.2 Å². The molecule has 184 valence electrons. The van der Waals surface area contributed by atoms with Gasteiger partial charge >= 0.3 is 8.56 Å². The zero-order valence-electron chi connectivity index (χ0n) is 21.5. The van der Waals surface area contributed by atoms with Crippen LogP contribution in [0.1, 0.15) is 50.8 Å². The third-order valence-electron chi connectivity index (χ3n) is 5.79. The number of rotatable bonds is 13. The molecule has 1 N–H and O–H groups in total. The second-order valence-electron chi connectivity index (χ2n) is 10.5. The summed E-state index contributed by atoms with van der Waals surface area (Å²) < 4.78 is 13.2. The first kappa shape index (κ1) is 27.8. The van der Waals surface area contributed by atoms with Crippen molar-refractivity contribution in [3.05, 3.63) is 34.9 Å². The molecule has 0 radical (unpaired) electrons. The molecule has 0 spiro atoms. The maximum absolute atomic E-state index is 12.8. The van der Waals surface area contributed by atoms with Gasteiger partial charge in [-0.2, -0.15) is 0 Å². The second-order valence-corrected chi connectivity index (χ2v) is 23.0. The Hall–Kier alpha value is -1.44. The highest BCUT2D eigenvalue weighted by Crippen LogP contribution is 2.28. The van der Waals surface area contributed by atoms with E-state index in [1.807, 2.05) is 7.05 Å². The van der Waals surface area contributed by atoms with Crippen LogP contribution < -0.4 is 5.32 Å². The van der Waals surface area contributed by atoms with Crippen molar-refractivity contribution in [2.24, 2.45) is 0 Å². The normalized spacial score (nSPS) is 14.7. The Morgan fingerprint density at radius 3 is 2.00 bits per heavy atom. The fraction of sp³-hybridized carbons (Fsp3) is 0.609. The lowest BCUT2D eigenvalue weighted by molar-refractivity contribution is 0.0653. The fourth-order valence-electron chi connectivity index (χ4n) is 4.52. The summed E-state index contributed by atoms with van der Waals surface area (Å²) in [5.74, 6) is -0.715. The van der Waals surface area contributed by atoms with E-state index in [0.717, 1.165) is 25.1 Å². The molecule has 0 unspecified atom stereocenters. The van der Waals surface area contributed by atoms with E-state index in [-0.39, 0.29) is 17.6 Å². The average molecular weight is 509 g/mol. The van der Waals surface area contributed by atoms with E-state index in [9.17, 15) is 14.4 Å². The van der Waals surface area contributed by atoms with Crippen LogP contribution in [0, 0.1) is 0 Å². The number of hydrogen-bond acceptors (Lipinski definition) is 6. The van der Waals surface area contributed by atoms with E-state index in [2.05, 4.69) is 44.6 Å². The molecule has 1 heterocycles. The Kier molecular flexibility index (Phi) is 9.16. The Labute approximate surface area is 201 Å². The lowest BCUT2D eigenvalue weighted by atomic mass is 10.0. The number of amides is 2. The minimum atomic E-state index is -2.29. The first-order valence-electron chi connectivity index (χ1n) is 11.7. The van der Waals surface area contributed by atoms with Gasteiger partial charge in [0.25, 0.3) is 11.8 Å². The molecule has 0 saturated heterocycles. The topological polar surface area (TPSA) is 84.9 Å². The van der Waals surface area contributed by atoms with E-state index in [1.165, 1.54) is 17.9 Å². The Morgan fingerprint density at radius 1 is 0.909 bits per heavy atom. The van der Waals surface area contributed by atoms with Gasteiger partial charge in [0, 0.05) is 12.1 Å². The number of imide groups is 1. The first-order valence-corrected chi connectivity index (χ1v) is 20.8. The van der Waals surface area contributed by atoms with Crippen molar-refractivity contribution in [2.75, 3.05) is 20.1 Å². The number of Topliss-reactive ketones (excluding diaryl/α,β-unsaturated/α-hetero) is 1. The summed E-state index contributed by atoms with van der Waals surface area (Å²) in [5.41, 5.74) is 1.15. The molecule has 0 fully saturated rings. The van der Waals surface area contributed by atoms with Crippen LogP contribution in [0.25, 0.3) is 0 Å². The van der Waals surface area contributed by atoms with Gasteiger partial charge in [-0.05, 0) is 96.9 Å². The van der Waals surface area contributed by atoms with Crippen LogP contribution in [-0.2, 0) is 8.23 Å². The van der Waals surface area contributed by atoms with Gasteiger partial charge in [-0.15, -0.1) is 0 Å². The number of fused-ring (bicyclic) bond motifs is 1. The molecule has 7 nitrogen and oxygen atoms in total. The van der Waals surface area contributed by atoms with Gasteiger partial charge in [0.2, 0.25) is 0 Å². The number of ketones is 1. The molecule has 0 aliphatic carbocycles. The van der Waals surface area contributed by atoms with Crippen LogP contribution in [-0.4, -0.2) is 67.8 Å². The van der Waals surface area contributed by atoms with Crippen LogP contribution in [0.3, 0.4) is 0 Å². The summed E-state index contributed by atoms with van der Waals surface area (Å²) in [6, 6.07) is 6.66. The lowest BCUT2D eigenvalue weighted by Crippen LogP contribution is -2.52. The standard InChI is InChI=1S/C23H40N2O5Si3/c1-18(26)19-11-12-20-21(17-19)23(28)25(22(20)27)14-10-16-32(5,6)30-33(7,8)29-31(3,4)15-9-13-24-2/h11-12,17,24H,9-10,13-16H2,1-8H3. The van der Waals surface area contributed by atoms with E-state index >= 15 is 0 Å². The SMILES string of the molecule is CNCCC[Si](C)(C)O[Si](C)(C)O[Si](C)(C)CCCN1C(=O)c2ccc(C(C)=O)cc2C1=O. The van der Waals surface area contributed by atoms with Crippen LogP contribution in [0.2, 0.25) is 51.4 Å². The van der Waals surface area contributed by atoms with Crippen LogP contribution in [0.15, 0.2) is 18.2 Å². The highest BCUT2D eigenvalue weighted by molar-refractivity contribution is 6.87. The van der Waals surface area contributed by atoms with Crippen LogP contribution in [0.4, 0.5) is 0 Å². The quantitative estimate of drug-likeness (QED) is 0.181. The van der Waals surface area contributed by atoms with E-state index in [4.69, 9.17) is 8.23 Å². The first-order chi connectivity index (χ1) is 15.2. The second kappa shape index (κ2) is 10.9. The molecule has 0 aromatic heterocycles. The molecular formula is C23H40N2O5Si3. The minimum absolute atomic E-state index is 0.122. The molecule has 10 heteroatoms. The van der Waals surface area contributed by atoms with Crippen molar-refractivity contribution in [3.63, 3.8) is 0 Å². The van der Waals surface area contributed by atoms with Gasteiger partial charge in [-0.3, -0.25) is 19.3 Å². The summed E-state index contributed by atoms with van der Waals surface area (Å²) in [7, 11) is -4.16. The van der Waals surface area contributed by atoms with Crippen molar-refractivity contribution >= 4 is 42.8 Å². The third kappa shape index (κ3) is 7.79. The number of nitrogens with one attached hydrogen (secondary N) is 1. The average Bonchev–Trinajstić information content (AvgIpc) is 2.90. The number of benzene rings is 1. The molecular weight excluding hydrogens is 469 g/mol. The molecule has 1 aromatic carbocycles. The number of hydrogen-bond donors (Lipinski definition) is 1. The fourth-order valence-corrected chi connectivity index (χ4v) is 18.6. The van der Waals surface area contributed by atoms with Crippen molar-refractivity contribution < 1.29 is 22.6 Å². The largest absolute Gasteiger partial charge is 0.437 e. The van der Waals surface area contributed by atoms with E-state index in [0.29, 0.717) is 29.7 Å². The molecule has 0 atom stereocenters. The highest BCUT2D eigenvalue weighted by Gasteiger charge is 2.40. The van der Waals surface area contributed by atoms with Gasteiger partial charge in [0.15, 0.2) is 22.4 Å². The molecule has 1 aliphatic rings. The summed E-state index contributed by atoms with van der Waals surface area (Å²) in [5, 5.41) is 3.19. The molecule has 1 aromatic rings. The predicted octanol–water partition coefficient (Wildman–Crippen LogP) is 4.63. The van der Waals surface area contributed by atoms with Crippen LogP contribution >= 0.6 is 0 Å². The maximum Gasteiger partial charge on any atom is 0.311 e. The van der Waals surface area contributed by atoms with Crippen molar-refractivity contribution in [3.8, 4) is 0 Å². The third-order valence-corrected chi connectivity index (χ3v) is 17.3. The highest BCUT2D eigenvalue weighted by atomic mass is 28.5. The molecule has 33 heavy (non-hydrogen) atoms. The van der Waals surface area contributed by atoms with Gasteiger partial charge in [-0.1, -0.05) is 6.07 Å². The predicted molar refractivity (Wildman–Crippen MR) is 139 cm³/mol. The zero-order valence-corrected chi connectivity index (χ0v) is 24.5. The lowest BCUT2D eigenvalue weighted by Gasteiger charge is -2.39. The summed E-state index contributed by atoms with van der Waals surface area (Å²) in [4.78, 5) is 38.5. The summed E-state index contributed by atoms with van der Waals surface area (Å²) >= 11 is 0. The molecule has 0 bridgehead atoms. The smallest absolute Gasteiger partial charge is 0.311 e. The Morgan fingerprint density at radius 2 is 1.45 bits per heavy atom. The molecule has 2 rings (SSSR count). The molecule has 2 amide bonds. The van der Waals surface area contributed by atoms with Crippen molar-refractivity contribution in [1.29, 1.82) is 0 Å². The summed E-state index contributed by atoms with van der Waals surface area (Å²) in [6.45, 7) is 15.9. The number of carbonyl (C=O) groups excluding carboxylic acids is 3. The molecule has 0 saturated carbocycles. The van der Waals surface area contributed by atoms with Crippen molar-refractivity contribution in [2.45, 2.75) is 71.1 Å². The summed E-state index contributed by atoms with van der Waals surface area (Å²) in [6.07, 6.45) is 1.80. The van der Waals surface area contributed by atoms with Crippen LogP contribution in [0.5, 0.6) is 0 Å². The maximum atomic E-state index is 12.8. The monoisotopic (exact) mass is 508 g/mol.